The second-order valence-electron chi connectivity index (χ2n) is 6.05. The van der Waals surface area contributed by atoms with Crippen LogP contribution in [0, 0.1) is 5.92 Å². The molecule has 0 aromatic carbocycles. The normalized spacial score (nSPS) is 24.1. The van der Waals surface area contributed by atoms with Gasteiger partial charge in [0.15, 0.2) is 0 Å². The summed E-state index contributed by atoms with van der Waals surface area (Å²) in [4.78, 5) is 15.4. The molecule has 2 rings (SSSR count). The highest BCUT2D eigenvalue weighted by Crippen LogP contribution is 2.21. The van der Waals surface area contributed by atoms with Gasteiger partial charge in [0, 0.05) is 39.4 Å². The van der Waals surface area contributed by atoms with Crippen molar-refractivity contribution in [3.05, 3.63) is 0 Å². The molecule has 2 N–H and O–H groups in total. The van der Waals surface area contributed by atoms with Crippen LogP contribution in [0.3, 0.4) is 0 Å². The Morgan fingerprint density at radius 3 is 2.50 bits per heavy atom. The number of nitrogens with two attached hydrogens (primary N) is 1. The molecule has 0 saturated carbocycles. The molecule has 2 heterocycles. The van der Waals surface area contributed by atoms with Crippen LogP contribution >= 0.6 is 0 Å². The molecule has 2 aliphatic heterocycles. The van der Waals surface area contributed by atoms with Gasteiger partial charge < -0.3 is 15.4 Å². The first kappa shape index (κ1) is 17.5. The van der Waals surface area contributed by atoms with Gasteiger partial charge in [-0.2, -0.15) is 13.2 Å². The van der Waals surface area contributed by atoms with Gasteiger partial charge in [-0.15, -0.1) is 0 Å². The molecule has 128 valence electrons. The lowest BCUT2D eigenvalue weighted by Crippen LogP contribution is -2.50. The molecule has 0 radical (unpaired) electrons. The summed E-state index contributed by atoms with van der Waals surface area (Å²) in [5, 5.41) is 0. The maximum Gasteiger partial charge on any atom is 0.401 e. The maximum atomic E-state index is 12.5. The van der Waals surface area contributed by atoms with Crippen molar-refractivity contribution in [3.63, 3.8) is 0 Å². The smallest absolute Gasteiger partial charge is 0.381 e. The van der Waals surface area contributed by atoms with E-state index in [1.165, 1.54) is 4.90 Å². The predicted molar refractivity (Wildman–Crippen MR) is 75.2 cm³/mol. The number of rotatable bonds is 3. The molecule has 2 aliphatic rings. The number of nitrogens with zero attached hydrogens (tertiary/aromatic N) is 2. The van der Waals surface area contributed by atoms with Crippen LogP contribution in [0.1, 0.15) is 19.3 Å². The topological polar surface area (TPSA) is 58.8 Å². The minimum Gasteiger partial charge on any atom is -0.381 e. The fourth-order valence-corrected chi connectivity index (χ4v) is 3.09. The minimum atomic E-state index is -4.20. The van der Waals surface area contributed by atoms with Crippen LogP contribution in [0.2, 0.25) is 0 Å². The molecule has 8 heteroatoms. The lowest BCUT2D eigenvalue weighted by molar-refractivity contribution is -0.145. The number of carbonyl (C=O) groups excluding carboxylic acids is 1. The molecule has 1 amide bonds. The Morgan fingerprint density at radius 2 is 1.86 bits per heavy atom. The van der Waals surface area contributed by atoms with Gasteiger partial charge in [-0.3, -0.25) is 9.69 Å². The van der Waals surface area contributed by atoms with Crippen LogP contribution in [-0.2, 0) is 9.53 Å². The molecule has 22 heavy (non-hydrogen) atoms. The molecule has 5 nitrogen and oxygen atoms in total. The molecule has 1 unspecified atom stereocenters. The molecule has 0 aromatic heterocycles. The van der Waals surface area contributed by atoms with E-state index in [0.29, 0.717) is 39.3 Å². The van der Waals surface area contributed by atoms with Crippen LogP contribution in [0.25, 0.3) is 0 Å². The Balaban J connectivity index is 1.85. The zero-order valence-corrected chi connectivity index (χ0v) is 12.6. The van der Waals surface area contributed by atoms with E-state index < -0.39 is 18.8 Å². The third-order valence-corrected chi connectivity index (χ3v) is 4.36. The average Bonchev–Trinajstić information content (AvgIpc) is 2.70. The molecular weight excluding hydrogens is 299 g/mol. The number of hydrogen-bond donors (Lipinski definition) is 1. The van der Waals surface area contributed by atoms with Gasteiger partial charge in [-0.25, -0.2) is 0 Å². The number of alkyl halides is 3. The molecule has 2 fully saturated rings. The quantitative estimate of drug-likeness (QED) is 0.836. The summed E-state index contributed by atoms with van der Waals surface area (Å²) in [5.74, 6) is -0.0310. The van der Waals surface area contributed by atoms with Gasteiger partial charge in [0.1, 0.15) is 0 Å². The van der Waals surface area contributed by atoms with E-state index in [4.69, 9.17) is 10.5 Å². The van der Waals surface area contributed by atoms with Gasteiger partial charge >= 0.3 is 6.18 Å². The maximum absolute atomic E-state index is 12.5. The van der Waals surface area contributed by atoms with E-state index >= 15 is 0 Å². The first-order valence-corrected chi connectivity index (χ1v) is 7.78. The van der Waals surface area contributed by atoms with Gasteiger partial charge in [0.2, 0.25) is 5.91 Å². The lowest BCUT2D eigenvalue weighted by Gasteiger charge is -2.31. The van der Waals surface area contributed by atoms with Gasteiger partial charge in [0.25, 0.3) is 0 Å². The number of carbonyl (C=O) groups is 1. The zero-order chi connectivity index (χ0) is 16.2. The van der Waals surface area contributed by atoms with Crippen LogP contribution in [0.4, 0.5) is 13.2 Å². The Kier molecular flexibility index (Phi) is 6.05. The zero-order valence-electron chi connectivity index (χ0n) is 12.6. The Hall–Kier alpha value is -0.860. The molecule has 0 aromatic rings. The summed E-state index contributed by atoms with van der Waals surface area (Å²) in [5.41, 5.74) is 6.07. The summed E-state index contributed by atoms with van der Waals surface area (Å²) in [6.45, 7) is 1.70. The summed E-state index contributed by atoms with van der Waals surface area (Å²) in [7, 11) is 0. The number of ether oxygens (including phenoxy) is 1. The van der Waals surface area contributed by atoms with Crippen LogP contribution in [0.15, 0.2) is 0 Å². The van der Waals surface area contributed by atoms with E-state index in [1.807, 2.05) is 0 Å². The Morgan fingerprint density at radius 1 is 1.18 bits per heavy atom. The third kappa shape index (κ3) is 5.10. The molecule has 0 aliphatic carbocycles. The molecule has 1 atom stereocenters. The Labute approximate surface area is 128 Å². The molecule has 2 saturated heterocycles. The fraction of sp³-hybridized carbons (Fsp3) is 0.929. The van der Waals surface area contributed by atoms with Crippen molar-refractivity contribution in [1.82, 2.24) is 9.80 Å². The van der Waals surface area contributed by atoms with Crippen LogP contribution in [-0.4, -0.2) is 73.9 Å². The van der Waals surface area contributed by atoms with Crippen molar-refractivity contribution in [2.24, 2.45) is 11.7 Å². The van der Waals surface area contributed by atoms with Crippen molar-refractivity contribution >= 4 is 5.91 Å². The predicted octanol–water partition coefficient (Wildman–Crippen LogP) is 0.837. The summed E-state index contributed by atoms with van der Waals surface area (Å²) < 4.78 is 42.6. The van der Waals surface area contributed by atoms with Gasteiger partial charge in [-0.05, 0) is 25.2 Å². The first-order chi connectivity index (χ1) is 10.4. The van der Waals surface area contributed by atoms with Crippen LogP contribution in [0.5, 0.6) is 0 Å². The Bertz CT molecular complexity index is 373. The highest BCUT2D eigenvalue weighted by atomic mass is 19.4. The third-order valence-electron chi connectivity index (χ3n) is 4.36. The minimum absolute atomic E-state index is 0.107. The average molecular weight is 323 g/mol. The van der Waals surface area contributed by atoms with E-state index in [9.17, 15) is 18.0 Å². The molecule has 0 spiro atoms. The number of amides is 1. The van der Waals surface area contributed by atoms with E-state index in [2.05, 4.69) is 0 Å². The van der Waals surface area contributed by atoms with Crippen molar-refractivity contribution in [2.45, 2.75) is 31.5 Å². The monoisotopic (exact) mass is 323 g/mol. The standard InChI is InChI=1S/C14H24F3N3O2/c15-14(16,17)10-19-4-1-5-20(7-6-19)13(21)12(18)11-2-8-22-9-3-11/h11-12H,1-10,18H2. The number of halogens is 3. The van der Waals surface area contributed by atoms with E-state index in [0.717, 1.165) is 12.8 Å². The number of hydrogen-bond acceptors (Lipinski definition) is 4. The lowest BCUT2D eigenvalue weighted by atomic mass is 9.91. The second-order valence-corrected chi connectivity index (χ2v) is 6.05. The summed E-state index contributed by atoms with van der Waals surface area (Å²) in [6.07, 6.45) is -2.12. The highest BCUT2D eigenvalue weighted by molar-refractivity contribution is 5.82. The van der Waals surface area contributed by atoms with Crippen LogP contribution < -0.4 is 5.73 Å². The fourth-order valence-electron chi connectivity index (χ4n) is 3.09. The molecular formula is C14H24F3N3O2. The van der Waals surface area contributed by atoms with Crippen molar-refractivity contribution in [3.8, 4) is 0 Å². The largest absolute Gasteiger partial charge is 0.401 e. The molecule has 0 bridgehead atoms. The SMILES string of the molecule is NC(C(=O)N1CCCN(CC(F)(F)F)CC1)C1CCOCC1. The van der Waals surface area contributed by atoms with Crippen molar-refractivity contribution < 1.29 is 22.7 Å². The highest BCUT2D eigenvalue weighted by Gasteiger charge is 2.34. The van der Waals surface area contributed by atoms with Crippen molar-refractivity contribution in [2.75, 3.05) is 45.9 Å². The van der Waals surface area contributed by atoms with E-state index in [-0.39, 0.29) is 18.4 Å². The second kappa shape index (κ2) is 7.61. The van der Waals surface area contributed by atoms with Crippen molar-refractivity contribution in [1.29, 1.82) is 0 Å². The van der Waals surface area contributed by atoms with Gasteiger partial charge in [-0.1, -0.05) is 0 Å². The van der Waals surface area contributed by atoms with Gasteiger partial charge in [0.05, 0.1) is 12.6 Å². The first-order valence-electron chi connectivity index (χ1n) is 7.78. The summed E-state index contributed by atoms with van der Waals surface area (Å²) in [6, 6.07) is -0.571. The summed E-state index contributed by atoms with van der Waals surface area (Å²) >= 11 is 0. The van der Waals surface area contributed by atoms with E-state index in [1.54, 1.807) is 4.90 Å².